The van der Waals surface area contributed by atoms with E-state index in [0.29, 0.717) is 11.8 Å². The first-order chi connectivity index (χ1) is 16.5. The van der Waals surface area contributed by atoms with Crippen LogP contribution in [0.25, 0.3) is 0 Å². The van der Waals surface area contributed by atoms with Crippen LogP contribution in [0.15, 0.2) is 71.6 Å². The molecule has 0 aromatic heterocycles. The van der Waals surface area contributed by atoms with E-state index in [-0.39, 0.29) is 27.0 Å². The van der Waals surface area contributed by atoms with E-state index in [9.17, 15) is 26.4 Å². The molecule has 3 rings (SSSR count). The van der Waals surface area contributed by atoms with Crippen molar-refractivity contribution >= 4 is 38.9 Å². The molecule has 0 bridgehead atoms. The number of rotatable bonds is 8. The van der Waals surface area contributed by atoms with Crippen molar-refractivity contribution in [3.05, 3.63) is 77.3 Å². The van der Waals surface area contributed by atoms with Gasteiger partial charge >= 0.3 is 6.18 Å². The van der Waals surface area contributed by atoms with E-state index >= 15 is 0 Å². The lowest BCUT2D eigenvalue weighted by molar-refractivity contribution is -0.137. The van der Waals surface area contributed by atoms with Crippen molar-refractivity contribution < 1.29 is 35.9 Å². The number of carbonyl (C=O) groups is 1. The molecule has 0 atom stereocenters. The first kappa shape index (κ1) is 26.2. The summed E-state index contributed by atoms with van der Waals surface area (Å²) in [5, 5.41) is 2.12. The Morgan fingerprint density at radius 3 is 2.23 bits per heavy atom. The average molecular weight is 529 g/mol. The van der Waals surface area contributed by atoms with Crippen molar-refractivity contribution in [3.63, 3.8) is 0 Å². The number of nitrogens with zero attached hydrogens (tertiary/aromatic N) is 1. The number of benzene rings is 3. The second-order valence-electron chi connectivity index (χ2n) is 7.10. The Balaban J connectivity index is 2.00. The highest BCUT2D eigenvalue weighted by Gasteiger charge is 2.32. The van der Waals surface area contributed by atoms with E-state index in [1.807, 2.05) is 0 Å². The predicted molar refractivity (Wildman–Crippen MR) is 126 cm³/mol. The molecule has 12 heteroatoms. The summed E-state index contributed by atoms with van der Waals surface area (Å²) in [6, 6.07) is 14.0. The van der Waals surface area contributed by atoms with Crippen molar-refractivity contribution in [2.75, 3.05) is 30.4 Å². The molecule has 0 aliphatic carbocycles. The molecule has 7 nitrogen and oxygen atoms in total. The van der Waals surface area contributed by atoms with Gasteiger partial charge in [0.15, 0.2) is 11.5 Å². The zero-order chi connectivity index (χ0) is 25.8. The summed E-state index contributed by atoms with van der Waals surface area (Å²) in [6.45, 7) is -0.765. The number of ether oxygens (including phenoxy) is 2. The molecular weight excluding hydrogens is 509 g/mol. The van der Waals surface area contributed by atoms with E-state index in [1.54, 1.807) is 6.07 Å². The van der Waals surface area contributed by atoms with Gasteiger partial charge in [0.2, 0.25) is 5.91 Å². The van der Waals surface area contributed by atoms with Crippen LogP contribution in [-0.2, 0) is 21.0 Å². The molecule has 3 aromatic rings. The van der Waals surface area contributed by atoms with Crippen molar-refractivity contribution in [2.24, 2.45) is 0 Å². The summed E-state index contributed by atoms with van der Waals surface area (Å²) >= 11 is 5.96. The number of carbonyl (C=O) groups excluding carboxylic acids is 1. The summed E-state index contributed by atoms with van der Waals surface area (Å²) in [5.74, 6) is -0.381. The maximum Gasteiger partial charge on any atom is 0.416 e. The highest BCUT2D eigenvalue weighted by molar-refractivity contribution is 7.92. The van der Waals surface area contributed by atoms with Gasteiger partial charge in [-0.05, 0) is 42.5 Å². The summed E-state index contributed by atoms with van der Waals surface area (Å²) in [7, 11) is -1.50. The Morgan fingerprint density at radius 1 is 0.971 bits per heavy atom. The van der Waals surface area contributed by atoms with E-state index in [1.165, 1.54) is 56.7 Å². The topological polar surface area (TPSA) is 84.9 Å². The van der Waals surface area contributed by atoms with E-state index in [0.717, 1.165) is 16.4 Å². The van der Waals surface area contributed by atoms with Crippen LogP contribution in [-0.4, -0.2) is 35.1 Å². The van der Waals surface area contributed by atoms with Crippen LogP contribution in [0.3, 0.4) is 0 Å². The van der Waals surface area contributed by atoms with E-state index in [2.05, 4.69) is 5.32 Å². The molecule has 1 N–H and O–H groups in total. The Bertz CT molecular complexity index is 1320. The zero-order valence-electron chi connectivity index (χ0n) is 18.5. The fraction of sp³-hybridized carbons (Fsp3) is 0.174. The van der Waals surface area contributed by atoms with Gasteiger partial charge in [0.1, 0.15) is 6.54 Å². The van der Waals surface area contributed by atoms with Crippen molar-refractivity contribution in [3.8, 4) is 11.5 Å². The monoisotopic (exact) mass is 528 g/mol. The third-order valence-electron chi connectivity index (χ3n) is 4.84. The van der Waals surface area contributed by atoms with Crippen molar-refractivity contribution in [1.82, 2.24) is 0 Å². The molecule has 0 saturated heterocycles. The van der Waals surface area contributed by atoms with Crippen LogP contribution in [0.5, 0.6) is 11.5 Å². The van der Waals surface area contributed by atoms with Gasteiger partial charge in [-0.1, -0.05) is 29.8 Å². The van der Waals surface area contributed by atoms with Crippen LogP contribution in [0, 0.1) is 0 Å². The Kier molecular flexibility index (Phi) is 7.81. The molecule has 0 saturated carbocycles. The Morgan fingerprint density at radius 2 is 1.63 bits per heavy atom. The lowest BCUT2D eigenvalue weighted by Crippen LogP contribution is -2.38. The summed E-state index contributed by atoms with van der Waals surface area (Å²) in [5.41, 5.74) is -1.27. The number of hydrogen-bond donors (Lipinski definition) is 1. The number of methoxy groups -OCH3 is 2. The molecular formula is C23H20ClF3N2O5S. The molecule has 0 heterocycles. The van der Waals surface area contributed by atoms with Crippen LogP contribution in [0.2, 0.25) is 5.02 Å². The Labute approximate surface area is 205 Å². The van der Waals surface area contributed by atoms with Gasteiger partial charge in [-0.3, -0.25) is 9.10 Å². The average Bonchev–Trinajstić information content (AvgIpc) is 2.83. The molecule has 3 aromatic carbocycles. The third kappa shape index (κ3) is 5.98. The lowest BCUT2D eigenvalue weighted by Gasteiger charge is -2.25. The van der Waals surface area contributed by atoms with Gasteiger partial charge in [0, 0.05) is 6.07 Å². The van der Waals surface area contributed by atoms with Crippen molar-refractivity contribution in [1.29, 1.82) is 0 Å². The molecule has 0 aliphatic rings. The number of sulfonamides is 1. The van der Waals surface area contributed by atoms with E-state index < -0.39 is 34.2 Å². The number of nitrogens with one attached hydrogen (secondary N) is 1. The maximum absolute atomic E-state index is 13.4. The maximum atomic E-state index is 13.4. The lowest BCUT2D eigenvalue weighted by atomic mass is 10.2. The highest BCUT2D eigenvalue weighted by Crippen LogP contribution is 2.35. The quantitative estimate of drug-likeness (QED) is 0.434. The molecule has 0 fully saturated rings. The predicted octanol–water partition coefficient (Wildman–Crippen LogP) is 5.21. The third-order valence-corrected chi connectivity index (χ3v) is 6.96. The van der Waals surface area contributed by atoms with Gasteiger partial charge in [-0.2, -0.15) is 13.2 Å². The summed E-state index contributed by atoms with van der Waals surface area (Å²) < 4.78 is 77.3. The highest BCUT2D eigenvalue weighted by atomic mass is 35.5. The second kappa shape index (κ2) is 10.4. The first-order valence-corrected chi connectivity index (χ1v) is 11.8. The van der Waals surface area contributed by atoms with Crippen LogP contribution >= 0.6 is 11.6 Å². The number of amides is 1. The first-order valence-electron chi connectivity index (χ1n) is 9.93. The Hall–Kier alpha value is -3.44. The second-order valence-corrected chi connectivity index (χ2v) is 9.37. The minimum atomic E-state index is -4.66. The van der Waals surface area contributed by atoms with E-state index in [4.69, 9.17) is 21.1 Å². The molecule has 1 amide bonds. The van der Waals surface area contributed by atoms with Crippen LogP contribution < -0.4 is 19.1 Å². The molecule has 0 aliphatic heterocycles. The van der Waals surface area contributed by atoms with Gasteiger partial charge in [-0.25, -0.2) is 8.42 Å². The molecule has 0 unspecified atom stereocenters. The number of halogens is 4. The summed E-state index contributed by atoms with van der Waals surface area (Å²) in [4.78, 5) is 12.8. The minimum Gasteiger partial charge on any atom is -0.493 e. The fourth-order valence-corrected chi connectivity index (χ4v) is 4.73. The van der Waals surface area contributed by atoms with Gasteiger partial charge < -0.3 is 14.8 Å². The summed E-state index contributed by atoms with van der Waals surface area (Å²) in [6.07, 6.45) is -4.66. The number of anilines is 2. The fourth-order valence-electron chi connectivity index (χ4n) is 3.13. The van der Waals surface area contributed by atoms with Gasteiger partial charge in [-0.15, -0.1) is 0 Å². The normalized spacial score (nSPS) is 11.6. The number of alkyl halides is 3. The minimum absolute atomic E-state index is 0.0665. The molecule has 0 spiro atoms. The van der Waals surface area contributed by atoms with Crippen LogP contribution in [0.4, 0.5) is 24.5 Å². The standard InChI is InChI=1S/C23H20ClF3N2O5S/c1-33-20-11-9-16(13-21(20)34-2)29(35(31,32)17-6-4-3-5-7-17)14-22(30)28-19-12-15(23(25,26)27)8-10-18(19)24/h3-13H,14H2,1-2H3,(H,28,30). The zero-order valence-corrected chi connectivity index (χ0v) is 20.0. The number of hydrogen-bond acceptors (Lipinski definition) is 5. The smallest absolute Gasteiger partial charge is 0.416 e. The largest absolute Gasteiger partial charge is 0.493 e. The van der Waals surface area contributed by atoms with Crippen molar-refractivity contribution in [2.45, 2.75) is 11.1 Å². The van der Waals surface area contributed by atoms with Gasteiger partial charge in [0.05, 0.1) is 41.1 Å². The molecule has 35 heavy (non-hydrogen) atoms. The molecule has 186 valence electrons. The SMILES string of the molecule is COc1ccc(N(CC(=O)Nc2cc(C(F)(F)F)ccc2Cl)S(=O)(=O)c2ccccc2)cc1OC. The van der Waals surface area contributed by atoms with Gasteiger partial charge in [0.25, 0.3) is 10.0 Å². The van der Waals surface area contributed by atoms with Crippen LogP contribution in [0.1, 0.15) is 5.56 Å². The molecule has 0 radical (unpaired) electrons.